The largest absolute Gasteiger partial charge is 0.399 e. The minimum atomic E-state index is -3.37. The van der Waals surface area contributed by atoms with E-state index in [2.05, 4.69) is 11.6 Å². The molecule has 21 heavy (non-hydrogen) atoms. The molecule has 0 aliphatic heterocycles. The van der Waals surface area contributed by atoms with Crippen molar-refractivity contribution < 1.29 is 8.42 Å². The van der Waals surface area contributed by atoms with Crippen molar-refractivity contribution in [3.05, 3.63) is 65.2 Å². The third-order valence-electron chi connectivity index (χ3n) is 3.24. The smallest absolute Gasteiger partial charge is 0.216 e. The molecule has 2 aromatic carbocycles. The van der Waals surface area contributed by atoms with Gasteiger partial charge in [-0.3, -0.25) is 0 Å². The molecule has 3 N–H and O–H groups in total. The van der Waals surface area contributed by atoms with Gasteiger partial charge in [0.15, 0.2) is 0 Å². The Morgan fingerprint density at radius 3 is 2.29 bits per heavy atom. The fourth-order valence-corrected chi connectivity index (χ4v) is 3.15. The van der Waals surface area contributed by atoms with Crippen LogP contribution >= 0.6 is 0 Å². The summed E-state index contributed by atoms with van der Waals surface area (Å²) in [7, 11) is -3.37. The maximum Gasteiger partial charge on any atom is 0.216 e. The number of benzene rings is 2. The SMILES string of the molecule is CCc1ccc(CNS(=O)(=O)Cc2cccc(N)c2)cc1. The number of aryl methyl sites for hydroxylation is 1. The molecule has 0 saturated carbocycles. The first-order valence-electron chi connectivity index (χ1n) is 6.88. The Bertz CT molecular complexity index is 694. The average molecular weight is 304 g/mol. The number of anilines is 1. The summed E-state index contributed by atoms with van der Waals surface area (Å²) in [5.74, 6) is -0.0644. The lowest BCUT2D eigenvalue weighted by Gasteiger charge is -2.08. The zero-order valence-electron chi connectivity index (χ0n) is 12.0. The second-order valence-electron chi connectivity index (χ2n) is 5.00. The molecule has 0 aliphatic carbocycles. The number of rotatable bonds is 6. The summed E-state index contributed by atoms with van der Waals surface area (Å²) < 4.78 is 26.7. The highest BCUT2D eigenvalue weighted by atomic mass is 32.2. The van der Waals surface area contributed by atoms with Gasteiger partial charge in [-0.15, -0.1) is 0 Å². The summed E-state index contributed by atoms with van der Waals surface area (Å²) in [6.07, 6.45) is 0.974. The lowest BCUT2D eigenvalue weighted by molar-refractivity contribution is 0.580. The van der Waals surface area contributed by atoms with E-state index in [9.17, 15) is 8.42 Å². The van der Waals surface area contributed by atoms with Crippen molar-refractivity contribution in [2.75, 3.05) is 5.73 Å². The van der Waals surface area contributed by atoms with E-state index in [-0.39, 0.29) is 5.75 Å². The number of hydrogen-bond acceptors (Lipinski definition) is 3. The monoisotopic (exact) mass is 304 g/mol. The van der Waals surface area contributed by atoms with Gasteiger partial charge in [0, 0.05) is 12.2 Å². The van der Waals surface area contributed by atoms with Crippen LogP contribution in [0.5, 0.6) is 0 Å². The van der Waals surface area contributed by atoms with E-state index >= 15 is 0 Å². The molecule has 2 rings (SSSR count). The predicted molar refractivity (Wildman–Crippen MR) is 86.1 cm³/mol. The van der Waals surface area contributed by atoms with Crippen LogP contribution in [0.25, 0.3) is 0 Å². The normalized spacial score (nSPS) is 11.5. The molecule has 0 aliphatic rings. The van der Waals surface area contributed by atoms with Crippen molar-refractivity contribution >= 4 is 15.7 Å². The second-order valence-corrected chi connectivity index (χ2v) is 6.80. The van der Waals surface area contributed by atoms with E-state index in [1.54, 1.807) is 24.3 Å². The summed E-state index contributed by atoms with van der Waals surface area (Å²) in [5, 5.41) is 0. The topological polar surface area (TPSA) is 72.2 Å². The van der Waals surface area contributed by atoms with Crippen LogP contribution in [-0.2, 0) is 28.7 Å². The Labute approximate surface area is 126 Å². The van der Waals surface area contributed by atoms with Gasteiger partial charge < -0.3 is 5.73 Å². The van der Waals surface area contributed by atoms with Crippen molar-refractivity contribution in [2.45, 2.75) is 25.6 Å². The molecule has 112 valence electrons. The number of sulfonamides is 1. The molecule has 5 heteroatoms. The van der Waals surface area contributed by atoms with Crippen LogP contribution in [0.3, 0.4) is 0 Å². The minimum Gasteiger partial charge on any atom is -0.399 e. The molecular formula is C16H20N2O2S. The van der Waals surface area contributed by atoms with Gasteiger partial charge in [0.1, 0.15) is 0 Å². The maximum absolute atomic E-state index is 12.1. The molecule has 4 nitrogen and oxygen atoms in total. The fourth-order valence-electron chi connectivity index (χ4n) is 2.04. The number of nitrogen functional groups attached to an aromatic ring is 1. The van der Waals surface area contributed by atoms with E-state index in [1.165, 1.54) is 5.56 Å². The highest BCUT2D eigenvalue weighted by molar-refractivity contribution is 7.88. The summed E-state index contributed by atoms with van der Waals surface area (Å²) in [4.78, 5) is 0. The van der Waals surface area contributed by atoms with Crippen LogP contribution in [-0.4, -0.2) is 8.42 Å². The van der Waals surface area contributed by atoms with Crippen molar-refractivity contribution in [2.24, 2.45) is 0 Å². The van der Waals surface area contributed by atoms with Crippen LogP contribution in [0.4, 0.5) is 5.69 Å². The van der Waals surface area contributed by atoms with Crippen LogP contribution in [0.2, 0.25) is 0 Å². The van der Waals surface area contributed by atoms with Gasteiger partial charge in [0.2, 0.25) is 10.0 Å². The van der Waals surface area contributed by atoms with Gasteiger partial charge in [-0.25, -0.2) is 13.1 Å². The number of nitrogens with two attached hydrogens (primary N) is 1. The third kappa shape index (κ3) is 4.88. The van der Waals surface area contributed by atoms with Gasteiger partial charge >= 0.3 is 0 Å². The van der Waals surface area contributed by atoms with Crippen molar-refractivity contribution in [1.29, 1.82) is 0 Å². The Kier molecular flexibility index (Phi) is 4.98. The lowest BCUT2D eigenvalue weighted by Crippen LogP contribution is -2.24. The summed E-state index contributed by atoms with van der Waals surface area (Å²) in [6, 6.07) is 14.8. The molecule has 0 bridgehead atoms. The van der Waals surface area contributed by atoms with Gasteiger partial charge in [-0.2, -0.15) is 0 Å². The van der Waals surface area contributed by atoms with Crippen molar-refractivity contribution in [1.82, 2.24) is 4.72 Å². The van der Waals surface area contributed by atoms with Crippen molar-refractivity contribution in [3.63, 3.8) is 0 Å². The Balaban J connectivity index is 1.97. The van der Waals surface area contributed by atoms with E-state index in [4.69, 9.17) is 5.73 Å². The molecule has 0 spiro atoms. The quantitative estimate of drug-likeness (QED) is 0.805. The van der Waals surface area contributed by atoms with E-state index in [0.717, 1.165) is 12.0 Å². The molecular weight excluding hydrogens is 284 g/mol. The Morgan fingerprint density at radius 1 is 1.00 bits per heavy atom. The summed E-state index contributed by atoms with van der Waals surface area (Å²) in [5.41, 5.74) is 9.09. The zero-order chi connectivity index (χ0) is 15.3. The van der Waals surface area contributed by atoms with Crippen LogP contribution in [0.1, 0.15) is 23.6 Å². The minimum absolute atomic E-state index is 0.0644. The highest BCUT2D eigenvalue weighted by Gasteiger charge is 2.11. The van der Waals surface area contributed by atoms with Gasteiger partial charge in [0.05, 0.1) is 5.75 Å². The first-order valence-corrected chi connectivity index (χ1v) is 8.53. The third-order valence-corrected chi connectivity index (χ3v) is 4.53. The lowest BCUT2D eigenvalue weighted by atomic mass is 10.1. The highest BCUT2D eigenvalue weighted by Crippen LogP contribution is 2.10. The van der Waals surface area contributed by atoms with Crippen LogP contribution < -0.4 is 10.5 Å². The molecule has 0 amide bonds. The molecule has 0 fully saturated rings. The van der Waals surface area contributed by atoms with Gasteiger partial charge in [-0.1, -0.05) is 43.3 Å². The molecule has 0 atom stereocenters. The Morgan fingerprint density at radius 2 is 1.67 bits per heavy atom. The number of hydrogen-bond donors (Lipinski definition) is 2. The van der Waals surface area contributed by atoms with E-state index < -0.39 is 10.0 Å². The standard InChI is InChI=1S/C16H20N2O2S/c1-2-13-6-8-14(9-7-13)11-18-21(19,20)12-15-4-3-5-16(17)10-15/h3-10,18H,2,11-12,17H2,1H3. The molecule has 2 aromatic rings. The van der Waals surface area contributed by atoms with E-state index in [0.29, 0.717) is 17.8 Å². The molecule has 0 aromatic heterocycles. The first-order chi connectivity index (χ1) is 9.98. The molecule has 0 radical (unpaired) electrons. The summed E-state index contributed by atoms with van der Waals surface area (Å²) in [6.45, 7) is 2.39. The molecule has 0 unspecified atom stereocenters. The zero-order valence-corrected chi connectivity index (χ0v) is 12.9. The first kappa shape index (κ1) is 15.5. The molecule has 0 saturated heterocycles. The molecule has 0 heterocycles. The second kappa shape index (κ2) is 6.74. The van der Waals surface area contributed by atoms with Gasteiger partial charge in [-0.05, 0) is 35.2 Å². The maximum atomic E-state index is 12.1. The van der Waals surface area contributed by atoms with Gasteiger partial charge in [0.25, 0.3) is 0 Å². The van der Waals surface area contributed by atoms with Crippen LogP contribution in [0, 0.1) is 0 Å². The average Bonchev–Trinajstić information content (AvgIpc) is 2.45. The summed E-state index contributed by atoms with van der Waals surface area (Å²) >= 11 is 0. The van der Waals surface area contributed by atoms with E-state index in [1.807, 2.05) is 24.3 Å². The number of nitrogens with one attached hydrogen (secondary N) is 1. The Hall–Kier alpha value is -1.85. The van der Waals surface area contributed by atoms with Crippen molar-refractivity contribution in [3.8, 4) is 0 Å². The van der Waals surface area contributed by atoms with Crippen LogP contribution in [0.15, 0.2) is 48.5 Å². The fraction of sp³-hybridized carbons (Fsp3) is 0.250. The predicted octanol–water partition coefficient (Wildman–Crippen LogP) is 2.45.